The number of benzene rings is 3. The average Bonchev–Trinajstić information content (AvgIpc) is 2.69. The van der Waals surface area contributed by atoms with Crippen LogP contribution in [0.5, 0.6) is 0 Å². The van der Waals surface area contributed by atoms with Crippen molar-refractivity contribution in [2.24, 2.45) is 0 Å². The minimum absolute atomic E-state index is 0.0743. The van der Waals surface area contributed by atoms with E-state index in [0.717, 1.165) is 11.6 Å². The molecule has 0 aromatic heterocycles. The van der Waals surface area contributed by atoms with E-state index in [1.807, 2.05) is 6.07 Å². The monoisotopic (exact) mass is 432 g/mol. The number of amides is 1. The quantitative estimate of drug-likeness (QED) is 0.621. The number of sulfonamides is 1. The number of nitrogens with one attached hydrogen (secondary N) is 1. The Balaban J connectivity index is 1.73. The van der Waals surface area contributed by atoms with E-state index in [1.54, 1.807) is 25.2 Å². The fourth-order valence-electron chi connectivity index (χ4n) is 2.73. The van der Waals surface area contributed by atoms with Gasteiger partial charge in [0.1, 0.15) is 5.82 Å². The molecule has 3 aromatic rings. The average molecular weight is 433 g/mol. The molecule has 3 rings (SSSR count). The summed E-state index contributed by atoms with van der Waals surface area (Å²) in [5.74, 6) is -0.943. The van der Waals surface area contributed by atoms with Crippen molar-refractivity contribution >= 4 is 33.2 Å². The second-order valence-electron chi connectivity index (χ2n) is 6.40. The lowest BCUT2D eigenvalue weighted by Crippen LogP contribution is -2.26. The van der Waals surface area contributed by atoms with Gasteiger partial charge in [0.2, 0.25) is 0 Å². The first-order valence-corrected chi connectivity index (χ1v) is 10.5. The number of nitrogens with zero attached hydrogens (tertiary/aromatic N) is 1. The molecule has 0 atom stereocenters. The van der Waals surface area contributed by atoms with Crippen LogP contribution in [0.2, 0.25) is 5.02 Å². The van der Waals surface area contributed by atoms with Crippen molar-refractivity contribution in [3.63, 3.8) is 0 Å². The van der Waals surface area contributed by atoms with Gasteiger partial charge in [-0.3, -0.25) is 9.52 Å². The van der Waals surface area contributed by atoms with Crippen LogP contribution in [0.3, 0.4) is 0 Å². The maximum Gasteiger partial charge on any atom is 0.261 e. The topological polar surface area (TPSA) is 66.5 Å². The number of para-hydroxylation sites is 1. The summed E-state index contributed by atoms with van der Waals surface area (Å²) in [6.07, 6.45) is 0. The maximum atomic E-state index is 13.7. The molecule has 0 radical (unpaired) electrons. The normalized spacial score (nSPS) is 11.1. The summed E-state index contributed by atoms with van der Waals surface area (Å²) in [7, 11) is -2.33. The highest BCUT2D eigenvalue weighted by molar-refractivity contribution is 7.92. The van der Waals surface area contributed by atoms with Gasteiger partial charge in [-0.1, -0.05) is 35.9 Å². The van der Waals surface area contributed by atoms with E-state index in [9.17, 15) is 17.6 Å². The van der Waals surface area contributed by atoms with Gasteiger partial charge in [-0.25, -0.2) is 12.8 Å². The van der Waals surface area contributed by atoms with Gasteiger partial charge < -0.3 is 4.90 Å². The predicted molar refractivity (Wildman–Crippen MR) is 111 cm³/mol. The lowest BCUT2D eigenvalue weighted by molar-refractivity contribution is 0.0785. The standard InChI is InChI=1S/C21H18ClFN2O3S/c1-25(14-15-5-4-6-17(22)13-15)21(26)16-9-11-18(12-10-16)29(27,28)24-20-8-3-2-7-19(20)23/h2-13,24H,14H2,1H3. The molecule has 29 heavy (non-hydrogen) atoms. The van der Waals surface area contributed by atoms with Crippen molar-refractivity contribution in [3.8, 4) is 0 Å². The summed E-state index contributed by atoms with van der Waals surface area (Å²) in [5.41, 5.74) is 1.06. The van der Waals surface area contributed by atoms with Crippen molar-refractivity contribution in [3.05, 3.63) is 94.8 Å². The Hall–Kier alpha value is -2.90. The van der Waals surface area contributed by atoms with Gasteiger partial charge >= 0.3 is 0 Å². The zero-order valence-corrected chi connectivity index (χ0v) is 17.0. The van der Waals surface area contributed by atoms with Crippen molar-refractivity contribution in [2.45, 2.75) is 11.4 Å². The Kier molecular flexibility index (Phi) is 6.20. The fraction of sp³-hybridized carbons (Fsp3) is 0.0952. The van der Waals surface area contributed by atoms with Gasteiger partial charge in [0, 0.05) is 24.2 Å². The number of carbonyl (C=O) groups excluding carboxylic acids is 1. The van der Waals surface area contributed by atoms with Crippen LogP contribution in [-0.4, -0.2) is 26.3 Å². The molecule has 0 saturated heterocycles. The first kappa shape index (κ1) is 20.8. The second-order valence-corrected chi connectivity index (χ2v) is 8.52. The molecule has 0 bridgehead atoms. The van der Waals surface area contributed by atoms with Crippen molar-refractivity contribution in [1.82, 2.24) is 4.90 Å². The third-order valence-electron chi connectivity index (χ3n) is 4.19. The molecular formula is C21H18ClFN2O3S. The first-order chi connectivity index (χ1) is 13.8. The summed E-state index contributed by atoms with van der Waals surface area (Å²) in [4.78, 5) is 14.0. The molecular weight excluding hydrogens is 415 g/mol. The number of halogens is 2. The van der Waals surface area contributed by atoms with Crippen LogP contribution in [0.15, 0.2) is 77.7 Å². The van der Waals surface area contributed by atoms with Gasteiger partial charge in [-0.2, -0.15) is 0 Å². The van der Waals surface area contributed by atoms with Gasteiger partial charge in [-0.15, -0.1) is 0 Å². The Morgan fingerprint density at radius 3 is 2.38 bits per heavy atom. The SMILES string of the molecule is CN(Cc1cccc(Cl)c1)C(=O)c1ccc(S(=O)(=O)Nc2ccccc2F)cc1. The summed E-state index contributed by atoms with van der Waals surface area (Å²) in [6, 6.07) is 18.1. The van der Waals surface area contributed by atoms with Crippen molar-refractivity contribution < 1.29 is 17.6 Å². The molecule has 0 aliphatic rings. The zero-order chi connectivity index (χ0) is 21.0. The minimum atomic E-state index is -3.98. The molecule has 0 fully saturated rings. The highest BCUT2D eigenvalue weighted by atomic mass is 35.5. The summed E-state index contributed by atoms with van der Waals surface area (Å²) >= 11 is 5.96. The third-order valence-corrected chi connectivity index (χ3v) is 5.80. The number of carbonyl (C=O) groups is 1. The molecule has 0 aliphatic heterocycles. The molecule has 3 aromatic carbocycles. The zero-order valence-electron chi connectivity index (χ0n) is 15.5. The summed E-state index contributed by atoms with van der Waals surface area (Å²) < 4.78 is 40.8. The molecule has 0 spiro atoms. The van der Waals surface area contributed by atoms with E-state index in [0.29, 0.717) is 17.1 Å². The van der Waals surface area contributed by atoms with Crippen molar-refractivity contribution in [1.29, 1.82) is 0 Å². The van der Waals surface area contributed by atoms with Crippen LogP contribution in [0, 0.1) is 5.82 Å². The molecule has 0 aliphatic carbocycles. The first-order valence-electron chi connectivity index (χ1n) is 8.63. The highest BCUT2D eigenvalue weighted by Crippen LogP contribution is 2.20. The Morgan fingerprint density at radius 1 is 1.03 bits per heavy atom. The molecule has 0 heterocycles. The van der Waals surface area contributed by atoms with E-state index in [-0.39, 0.29) is 16.5 Å². The Morgan fingerprint density at radius 2 is 1.72 bits per heavy atom. The van der Waals surface area contributed by atoms with Crippen LogP contribution in [-0.2, 0) is 16.6 Å². The Labute approximate surface area is 173 Å². The molecule has 8 heteroatoms. The third kappa shape index (κ3) is 5.13. The highest BCUT2D eigenvalue weighted by Gasteiger charge is 2.18. The van der Waals surface area contributed by atoms with E-state index in [2.05, 4.69) is 4.72 Å². The van der Waals surface area contributed by atoms with E-state index < -0.39 is 15.8 Å². The van der Waals surface area contributed by atoms with Crippen molar-refractivity contribution in [2.75, 3.05) is 11.8 Å². The lowest BCUT2D eigenvalue weighted by Gasteiger charge is -2.18. The molecule has 0 unspecified atom stereocenters. The van der Waals surface area contributed by atoms with E-state index in [1.165, 1.54) is 47.4 Å². The molecule has 1 amide bonds. The molecule has 0 saturated carbocycles. The molecule has 150 valence electrons. The number of anilines is 1. The largest absolute Gasteiger partial charge is 0.337 e. The van der Waals surface area contributed by atoms with E-state index in [4.69, 9.17) is 11.6 Å². The second kappa shape index (κ2) is 8.63. The molecule has 1 N–H and O–H groups in total. The number of hydrogen-bond acceptors (Lipinski definition) is 3. The molecule has 5 nitrogen and oxygen atoms in total. The van der Waals surface area contributed by atoms with Gasteiger partial charge in [0.05, 0.1) is 10.6 Å². The predicted octanol–water partition coefficient (Wildman–Crippen LogP) is 4.55. The smallest absolute Gasteiger partial charge is 0.261 e. The number of rotatable bonds is 6. The lowest BCUT2D eigenvalue weighted by atomic mass is 10.1. The van der Waals surface area contributed by atoms with Gasteiger partial charge in [0.15, 0.2) is 0 Å². The van der Waals surface area contributed by atoms with Crippen LogP contribution in [0.25, 0.3) is 0 Å². The summed E-state index contributed by atoms with van der Waals surface area (Å²) in [6.45, 7) is 0.355. The van der Waals surface area contributed by atoms with Crippen LogP contribution in [0.4, 0.5) is 10.1 Å². The van der Waals surface area contributed by atoms with Crippen LogP contribution in [0.1, 0.15) is 15.9 Å². The van der Waals surface area contributed by atoms with Crippen LogP contribution < -0.4 is 4.72 Å². The number of hydrogen-bond donors (Lipinski definition) is 1. The summed E-state index contributed by atoms with van der Waals surface area (Å²) in [5, 5.41) is 0.584. The minimum Gasteiger partial charge on any atom is -0.337 e. The van der Waals surface area contributed by atoms with Gasteiger partial charge in [0.25, 0.3) is 15.9 Å². The van der Waals surface area contributed by atoms with E-state index >= 15 is 0 Å². The Bertz CT molecular complexity index is 1130. The van der Waals surface area contributed by atoms with Crippen LogP contribution >= 0.6 is 11.6 Å². The van der Waals surface area contributed by atoms with Gasteiger partial charge in [-0.05, 0) is 54.1 Å². The maximum absolute atomic E-state index is 13.7. The fourth-order valence-corrected chi connectivity index (χ4v) is 4.01.